The molecular weight excluding hydrogens is 516 g/mol. The van der Waals surface area contributed by atoms with Crippen LogP contribution < -0.4 is 0 Å². The molecular formula is C35H60O6. The van der Waals surface area contributed by atoms with Crippen LogP contribution >= 0.6 is 0 Å². The van der Waals surface area contributed by atoms with Gasteiger partial charge in [-0.2, -0.15) is 0 Å². The first-order valence-corrected chi connectivity index (χ1v) is 17.1. The molecule has 0 aromatic heterocycles. The Morgan fingerprint density at radius 3 is 2.41 bits per heavy atom. The van der Waals surface area contributed by atoms with Crippen LogP contribution in [0, 0.1) is 52.3 Å². The maximum Gasteiger partial charge on any atom is 0.184 e. The van der Waals surface area contributed by atoms with Crippen molar-refractivity contribution in [2.75, 3.05) is 6.61 Å². The van der Waals surface area contributed by atoms with Gasteiger partial charge >= 0.3 is 0 Å². The third kappa shape index (κ3) is 5.73. The average molecular weight is 577 g/mol. The zero-order chi connectivity index (χ0) is 29.7. The monoisotopic (exact) mass is 576 g/mol. The highest BCUT2D eigenvalue weighted by Gasteiger charge is 2.59. The molecule has 4 fully saturated rings. The first kappa shape index (κ1) is 31.9. The molecule has 0 bridgehead atoms. The maximum absolute atomic E-state index is 10.7. The summed E-state index contributed by atoms with van der Waals surface area (Å²) in [5.41, 5.74) is 2.16. The number of rotatable bonds is 9. The van der Waals surface area contributed by atoms with Gasteiger partial charge in [0.05, 0.1) is 12.7 Å². The number of fused-ring (bicyclic) bond motifs is 5. The summed E-state index contributed by atoms with van der Waals surface area (Å²) in [6, 6.07) is 0. The van der Waals surface area contributed by atoms with E-state index < -0.39 is 37.3 Å². The van der Waals surface area contributed by atoms with Crippen molar-refractivity contribution in [3.05, 3.63) is 11.6 Å². The van der Waals surface area contributed by atoms with E-state index in [2.05, 4.69) is 47.6 Å². The number of hydrogen-bond acceptors (Lipinski definition) is 6. The fourth-order valence-electron chi connectivity index (χ4n) is 10.9. The van der Waals surface area contributed by atoms with Gasteiger partial charge < -0.3 is 29.9 Å². The summed E-state index contributed by atoms with van der Waals surface area (Å²) >= 11 is 0. The molecule has 6 nitrogen and oxygen atoms in total. The van der Waals surface area contributed by atoms with Crippen LogP contribution in [-0.2, 0) is 9.47 Å². The Labute approximate surface area is 249 Å². The zero-order valence-corrected chi connectivity index (χ0v) is 26.7. The smallest absolute Gasteiger partial charge is 0.184 e. The molecule has 1 heterocycles. The molecule has 14 unspecified atom stereocenters. The van der Waals surface area contributed by atoms with Crippen molar-refractivity contribution >= 4 is 0 Å². The normalized spacial score (nSPS) is 47.7. The summed E-state index contributed by atoms with van der Waals surface area (Å²) in [5.74, 6) is 5.64. The minimum atomic E-state index is -1.47. The third-order valence-electron chi connectivity index (χ3n) is 13.5. The van der Waals surface area contributed by atoms with Gasteiger partial charge in [0.1, 0.15) is 24.4 Å². The van der Waals surface area contributed by atoms with Crippen LogP contribution in [0.2, 0.25) is 0 Å². The highest BCUT2D eigenvalue weighted by molar-refractivity contribution is 5.25. The molecule has 0 amide bonds. The predicted molar refractivity (Wildman–Crippen MR) is 161 cm³/mol. The number of hydrogen-bond donors (Lipinski definition) is 4. The van der Waals surface area contributed by atoms with Gasteiger partial charge in [0.2, 0.25) is 0 Å². The predicted octanol–water partition coefficient (Wildman–Crippen LogP) is 5.85. The standard InChI is InChI=1S/C35H60O6/c1-7-22(20(2)3)9-8-21(4)26-12-13-27-25-11-10-23-18-24(14-16-34(23,5)28(25)15-17-35(26,27)6)40-32-30(37)29(19-36)41-33(39)31(32)38/h10,20-22,24-33,36-39H,7-9,11-19H2,1-6H3. The van der Waals surface area contributed by atoms with E-state index in [4.69, 9.17) is 9.47 Å². The minimum absolute atomic E-state index is 0.117. The molecule has 4 N–H and O–H groups in total. The quantitative estimate of drug-likeness (QED) is 0.257. The van der Waals surface area contributed by atoms with E-state index in [9.17, 15) is 20.4 Å². The molecule has 5 aliphatic rings. The van der Waals surface area contributed by atoms with Crippen LogP contribution in [0.1, 0.15) is 112 Å². The average Bonchev–Trinajstić information content (AvgIpc) is 3.30. The van der Waals surface area contributed by atoms with Gasteiger partial charge in [-0.3, -0.25) is 0 Å². The summed E-state index contributed by atoms with van der Waals surface area (Å²) in [6.07, 6.45) is 9.98. The molecule has 236 valence electrons. The summed E-state index contributed by atoms with van der Waals surface area (Å²) < 4.78 is 11.4. The van der Waals surface area contributed by atoms with Crippen molar-refractivity contribution < 1.29 is 29.9 Å². The summed E-state index contributed by atoms with van der Waals surface area (Å²) in [4.78, 5) is 0. The number of aliphatic hydroxyl groups is 4. The molecule has 41 heavy (non-hydrogen) atoms. The van der Waals surface area contributed by atoms with Crippen molar-refractivity contribution in [2.24, 2.45) is 52.3 Å². The molecule has 1 aliphatic heterocycles. The van der Waals surface area contributed by atoms with Crippen molar-refractivity contribution in [3.63, 3.8) is 0 Å². The minimum Gasteiger partial charge on any atom is -0.394 e. The lowest BCUT2D eigenvalue weighted by Gasteiger charge is -2.58. The van der Waals surface area contributed by atoms with Gasteiger partial charge in [-0.1, -0.05) is 66.0 Å². The third-order valence-corrected chi connectivity index (χ3v) is 13.5. The fourth-order valence-corrected chi connectivity index (χ4v) is 10.9. The molecule has 14 atom stereocenters. The van der Waals surface area contributed by atoms with Crippen LogP contribution in [-0.4, -0.2) is 63.8 Å². The lowest BCUT2D eigenvalue weighted by molar-refractivity contribution is -0.301. The van der Waals surface area contributed by atoms with Crippen LogP contribution in [0.3, 0.4) is 0 Å². The van der Waals surface area contributed by atoms with Crippen LogP contribution in [0.25, 0.3) is 0 Å². The van der Waals surface area contributed by atoms with Crippen molar-refractivity contribution in [3.8, 4) is 0 Å². The highest BCUT2D eigenvalue weighted by atomic mass is 16.6. The lowest BCUT2D eigenvalue weighted by atomic mass is 9.47. The lowest BCUT2D eigenvalue weighted by Crippen LogP contribution is -2.60. The molecule has 6 heteroatoms. The summed E-state index contributed by atoms with van der Waals surface area (Å²) in [7, 11) is 0. The second-order valence-corrected chi connectivity index (χ2v) is 15.6. The van der Waals surface area contributed by atoms with E-state index in [0.717, 1.165) is 60.7 Å². The topological polar surface area (TPSA) is 99.4 Å². The summed E-state index contributed by atoms with van der Waals surface area (Å²) in [5, 5.41) is 40.8. The van der Waals surface area contributed by atoms with Crippen LogP contribution in [0.4, 0.5) is 0 Å². The first-order chi connectivity index (χ1) is 19.4. The Morgan fingerprint density at radius 1 is 0.976 bits per heavy atom. The molecule has 1 saturated heterocycles. The van der Waals surface area contributed by atoms with Gasteiger partial charge in [0, 0.05) is 0 Å². The Kier molecular flexibility index (Phi) is 9.71. The second-order valence-electron chi connectivity index (χ2n) is 15.6. The molecule has 0 radical (unpaired) electrons. The molecule has 5 rings (SSSR count). The highest BCUT2D eigenvalue weighted by Crippen LogP contribution is 2.67. The van der Waals surface area contributed by atoms with E-state index in [1.807, 2.05) is 0 Å². The van der Waals surface area contributed by atoms with E-state index >= 15 is 0 Å². The van der Waals surface area contributed by atoms with Gasteiger partial charge in [-0.15, -0.1) is 0 Å². The molecule has 0 aromatic rings. The van der Waals surface area contributed by atoms with E-state index in [1.54, 1.807) is 0 Å². The van der Waals surface area contributed by atoms with Gasteiger partial charge in [-0.05, 0) is 110 Å². The van der Waals surface area contributed by atoms with Crippen molar-refractivity contribution in [1.29, 1.82) is 0 Å². The van der Waals surface area contributed by atoms with Crippen molar-refractivity contribution in [2.45, 2.75) is 149 Å². The largest absolute Gasteiger partial charge is 0.394 e. The van der Waals surface area contributed by atoms with Crippen LogP contribution in [0.15, 0.2) is 11.6 Å². The summed E-state index contributed by atoms with van der Waals surface area (Å²) in [6.45, 7) is 14.4. The SMILES string of the molecule is CCC(CCC(C)C1CCC2C3CC=C4CC(OC5C(O)C(O)OC(CO)C5O)CCC4(C)C3CCC12C)C(C)C. The number of allylic oxidation sites excluding steroid dienone is 1. The molecule has 0 spiro atoms. The molecule has 3 saturated carbocycles. The second kappa shape index (κ2) is 12.5. The fraction of sp³-hybridized carbons (Fsp3) is 0.943. The van der Waals surface area contributed by atoms with Crippen LogP contribution in [0.5, 0.6) is 0 Å². The van der Waals surface area contributed by atoms with E-state index in [-0.39, 0.29) is 11.5 Å². The zero-order valence-electron chi connectivity index (χ0n) is 26.7. The molecule has 4 aliphatic carbocycles. The Balaban J connectivity index is 1.25. The van der Waals surface area contributed by atoms with Gasteiger partial charge in [0.15, 0.2) is 6.29 Å². The Bertz CT molecular complexity index is 920. The van der Waals surface area contributed by atoms with E-state index in [1.165, 1.54) is 56.9 Å². The Hall–Kier alpha value is -0.500. The van der Waals surface area contributed by atoms with Gasteiger partial charge in [-0.25, -0.2) is 0 Å². The van der Waals surface area contributed by atoms with Crippen molar-refractivity contribution in [1.82, 2.24) is 0 Å². The molecule has 0 aromatic carbocycles. The first-order valence-electron chi connectivity index (χ1n) is 17.1. The van der Waals surface area contributed by atoms with E-state index in [0.29, 0.717) is 5.41 Å². The Morgan fingerprint density at radius 2 is 1.73 bits per heavy atom. The maximum atomic E-state index is 10.7. The number of aliphatic hydroxyl groups excluding tert-OH is 4. The number of ether oxygens (including phenoxy) is 2. The van der Waals surface area contributed by atoms with Gasteiger partial charge in [0.25, 0.3) is 0 Å².